The summed E-state index contributed by atoms with van der Waals surface area (Å²) in [6.07, 6.45) is 0. The number of aromatic nitrogens is 2. The van der Waals surface area contributed by atoms with Crippen LogP contribution in [0.15, 0.2) is 77.6 Å². The number of amides is 1. The summed E-state index contributed by atoms with van der Waals surface area (Å²) in [5.74, 6) is 1.42. The van der Waals surface area contributed by atoms with Gasteiger partial charge in [-0.25, -0.2) is 4.68 Å². The zero-order valence-corrected chi connectivity index (χ0v) is 17.9. The molecule has 0 aliphatic heterocycles. The van der Waals surface area contributed by atoms with E-state index in [0.29, 0.717) is 41.1 Å². The van der Waals surface area contributed by atoms with Crippen LogP contribution in [-0.4, -0.2) is 22.3 Å². The van der Waals surface area contributed by atoms with Crippen LogP contribution in [0.4, 0.5) is 5.69 Å². The number of para-hydroxylation sites is 2. The third-order valence-corrected chi connectivity index (χ3v) is 4.88. The lowest BCUT2D eigenvalue weighted by atomic mass is 10.1. The van der Waals surface area contributed by atoms with Gasteiger partial charge in [-0.1, -0.05) is 30.3 Å². The summed E-state index contributed by atoms with van der Waals surface area (Å²) in [7, 11) is 0. The molecule has 0 unspecified atom stereocenters. The minimum Gasteiger partial charge on any atom is -0.494 e. The second-order valence-corrected chi connectivity index (χ2v) is 6.97. The summed E-state index contributed by atoms with van der Waals surface area (Å²) in [6, 6.07) is 21.4. The zero-order valence-electron chi connectivity index (χ0n) is 17.9. The predicted octanol–water partition coefficient (Wildman–Crippen LogP) is 4.86. The number of rotatable bonds is 7. The average Bonchev–Trinajstić information content (AvgIpc) is 2.82. The molecule has 0 bridgehead atoms. The fraction of sp³-hybridized carbons (Fsp3) is 0.160. The molecule has 3 aromatic carbocycles. The minimum atomic E-state index is -0.425. The molecule has 0 saturated carbocycles. The van der Waals surface area contributed by atoms with E-state index in [-0.39, 0.29) is 11.3 Å². The number of ether oxygens (including phenoxy) is 2. The van der Waals surface area contributed by atoms with Gasteiger partial charge in [-0.2, -0.15) is 5.10 Å². The first-order chi connectivity index (χ1) is 15.6. The molecule has 0 aliphatic rings. The van der Waals surface area contributed by atoms with Crippen molar-refractivity contribution in [3.05, 3.63) is 88.8 Å². The first-order valence-corrected chi connectivity index (χ1v) is 10.4. The van der Waals surface area contributed by atoms with Crippen molar-refractivity contribution in [2.75, 3.05) is 11.9 Å². The number of hydrogen-bond donors (Lipinski definition) is 1. The molecule has 0 fully saturated rings. The number of carbonyl (C=O) groups excluding carboxylic acids is 1. The van der Waals surface area contributed by atoms with Gasteiger partial charge in [-0.15, -0.1) is 0 Å². The van der Waals surface area contributed by atoms with Gasteiger partial charge in [0.05, 0.1) is 17.7 Å². The molecule has 32 heavy (non-hydrogen) atoms. The van der Waals surface area contributed by atoms with Gasteiger partial charge in [0.2, 0.25) is 0 Å². The summed E-state index contributed by atoms with van der Waals surface area (Å²) in [5.41, 5.74) is 0.448. The quantitative estimate of drug-likeness (QED) is 0.454. The highest BCUT2D eigenvalue weighted by Gasteiger charge is 2.18. The standard InChI is InChI=1S/C25H23N3O4/c1-3-28-25(30)20-10-6-5-9-19(20)23(27-28)24(29)26-21-11-7-8-12-22(21)32-18-15-13-17(14-16-18)31-4-2/h5-16H,3-4H2,1-2H3,(H,26,29). The second-order valence-electron chi connectivity index (χ2n) is 6.97. The molecule has 1 N–H and O–H groups in total. The lowest BCUT2D eigenvalue weighted by molar-refractivity contribution is 0.102. The number of anilines is 1. The highest BCUT2D eigenvalue weighted by atomic mass is 16.5. The van der Waals surface area contributed by atoms with Crippen LogP contribution in [0, 0.1) is 0 Å². The number of aryl methyl sites for hydroxylation is 1. The Hall–Kier alpha value is -4.13. The van der Waals surface area contributed by atoms with E-state index in [1.807, 2.05) is 32.0 Å². The second kappa shape index (κ2) is 9.34. The average molecular weight is 429 g/mol. The molecule has 0 spiro atoms. The number of carbonyl (C=O) groups is 1. The monoisotopic (exact) mass is 429 g/mol. The normalized spacial score (nSPS) is 10.7. The highest BCUT2D eigenvalue weighted by molar-refractivity contribution is 6.11. The van der Waals surface area contributed by atoms with E-state index in [9.17, 15) is 9.59 Å². The molecule has 0 saturated heterocycles. The van der Waals surface area contributed by atoms with Crippen molar-refractivity contribution >= 4 is 22.4 Å². The first-order valence-electron chi connectivity index (χ1n) is 10.4. The number of hydrogen-bond acceptors (Lipinski definition) is 5. The number of benzene rings is 3. The van der Waals surface area contributed by atoms with E-state index in [2.05, 4.69) is 10.4 Å². The smallest absolute Gasteiger partial charge is 0.276 e. The van der Waals surface area contributed by atoms with Crippen LogP contribution in [-0.2, 0) is 6.54 Å². The van der Waals surface area contributed by atoms with Crippen LogP contribution in [0.2, 0.25) is 0 Å². The third kappa shape index (κ3) is 4.32. The topological polar surface area (TPSA) is 82.4 Å². The Morgan fingerprint density at radius 1 is 0.906 bits per heavy atom. The summed E-state index contributed by atoms with van der Waals surface area (Å²) >= 11 is 0. The third-order valence-electron chi connectivity index (χ3n) is 4.88. The van der Waals surface area contributed by atoms with Gasteiger partial charge in [0.25, 0.3) is 11.5 Å². The molecule has 4 rings (SSSR count). The van der Waals surface area contributed by atoms with E-state index >= 15 is 0 Å². The van der Waals surface area contributed by atoms with Gasteiger partial charge in [-0.3, -0.25) is 9.59 Å². The number of nitrogens with zero attached hydrogens (tertiary/aromatic N) is 2. The molecule has 1 heterocycles. The molecule has 0 aliphatic carbocycles. The number of fused-ring (bicyclic) bond motifs is 1. The fourth-order valence-electron chi connectivity index (χ4n) is 3.36. The summed E-state index contributed by atoms with van der Waals surface area (Å²) < 4.78 is 12.7. The molecular weight excluding hydrogens is 406 g/mol. The Labute approximate surface area is 185 Å². The zero-order chi connectivity index (χ0) is 22.5. The Morgan fingerprint density at radius 2 is 1.56 bits per heavy atom. The molecular formula is C25H23N3O4. The Balaban J connectivity index is 1.64. The van der Waals surface area contributed by atoms with Crippen LogP contribution < -0.4 is 20.3 Å². The molecule has 7 heteroatoms. The van der Waals surface area contributed by atoms with Crippen LogP contribution in [0.5, 0.6) is 17.2 Å². The maximum Gasteiger partial charge on any atom is 0.276 e. The lowest BCUT2D eigenvalue weighted by Crippen LogP contribution is -2.27. The molecule has 7 nitrogen and oxygen atoms in total. The maximum atomic E-state index is 13.2. The van der Waals surface area contributed by atoms with Crippen molar-refractivity contribution in [2.24, 2.45) is 0 Å². The van der Waals surface area contributed by atoms with Crippen molar-refractivity contribution < 1.29 is 14.3 Å². The summed E-state index contributed by atoms with van der Waals surface area (Å²) in [6.45, 7) is 4.68. The molecule has 162 valence electrons. The maximum absolute atomic E-state index is 13.2. The van der Waals surface area contributed by atoms with Crippen molar-refractivity contribution in [2.45, 2.75) is 20.4 Å². The lowest BCUT2D eigenvalue weighted by Gasteiger charge is -2.14. The molecule has 0 atom stereocenters. The van der Waals surface area contributed by atoms with E-state index in [4.69, 9.17) is 9.47 Å². The van der Waals surface area contributed by atoms with E-state index in [1.54, 1.807) is 54.6 Å². The largest absolute Gasteiger partial charge is 0.494 e. The van der Waals surface area contributed by atoms with Gasteiger partial charge in [0, 0.05) is 11.9 Å². The van der Waals surface area contributed by atoms with Gasteiger partial charge < -0.3 is 14.8 Å². The van der Waals surface area contributed by atoms with Crippen LogP contribution >= 0.6 is 0 Å². The van der Waals surface area contributed by atoms with E-state index in [1.165, 1.54) is 4.68 Å². The highest BCUT2D eigenvalue weighted by Crippen LogP contribution is 2.30. The first kappa shape index (κ1) is 21.1. The van der Waals surface area contributed by atoms with Gasteiger partial charge >= 0.3 is 0 Å². The molecule has 0 radical (unpaired) electrons. The van der Waals surface area contributed by atoms with Gasteiger partial charge in [-0.05, 0) is 56.3 Å². The Kier molecular flexibility index (Phi) is 6.17. The van der Waals surface area contributed by atoms with Crippen LogP contribution in [0.25, 0.3) is 10.8 Å². The van der Waals surface area contributed by atoms with E-state index in [0.717, 1.165) is 5.75 Å². The SMILES string of the molecule is CCOc1ccc(Oc2ccccc2NC(=O)c2nn(CC)c(=O)c3ccccc23)cc1. The van der Waals surface area contributed by atoms with E-state index < -0.39 is 5.91 Å². The fourth-order valence-corrected chi connectivity index (χ4v) is 3.36. The van der Waals surface area contributed by atoms with Crippen LogP contribution in [0.1, 0.15) is 24.3 Å². The molecule has 1 amide bonds. The van der Waals surface area contributed by atoms with Crippen molar-refractivity contribution in [1.29, 1.82) is 0 Å². The molecule has 1 aromatic heterocycles. The van der Waals surface area contributed by atoms with Crippen molar-refractivity contribution in [1.82, 2.24) is 9.78 Å². The van der Waals surface area contributed by atoms with Crippen molar-refractivity contribution in [3.63, 3.8) is 0 Å². The summed E-state index contributed by atoms with van der Waals surface area (Å²) in [5, 5.41) is 8.12. The Morgan fingerprint density at radius 3 is 2.28 bits per heavy atom. The van der Waals surface area contributed by atoms with Gasteiger partial charge in [0.15, 0.2) is 11.4 Å². The Bertz CT molecular complexity index is 1310. The number of nitrogens with one attached hydrogen (secondary N) is 1. The summed E-state index contributed by atoms with van der Waals surface area (Å²) in [4.78, 5) is 25.7. The molecule has 4 aromatic rings. The van der Waals surface area contributed by atoms with Gasteiger partial charge in [0.1, 0.15) is 11.5 Å². The predicted molar refractivity (Wildman–Crippen MR) is 124 cm³/mol. The van der Waals surface area contributed by atoms with Crippen molar-refractivity contribution in [3.8, 4) is 17.2 Å². The minimum absolute atomic E-state index is 0.179. The van der Waals surface area contributed by atoms with Crippen LogP contribution in [0.3, 0.4) is 0 Å².